The Bertz CT molecular complexity index is 1190. The van der Waals surface area contributed by atoms with Crippen molar-refractivity contribution in [2.24, 2.45) is 0 Å². The molecule has 4 rings (SSSR count). The van der Waals surface area contributed by atoms with Gasteiger partial charge in [-0.05, 0) is 30.3 Å². The van der Waals surface area contributed by atoms with Gasteiger partial charge in [-0.25, -0.2) is 19.0 Å². The Balaban J connectivity index is 1.63. The van der Waals surface area contributed by atoms with E-state index in [-0.39, 0.29) is 17.2 Å². The lowest BCUT2D eigenvalue weighted by atomic mass is 9.91. The molecule has 30 heavy (non-hydrogen) atoms. The number of hydrogen-bond donors (Lipinski definition) is 1. The fourth-order valence-electron chi connectivity index (χ4n) is 3.05. The van der Waals surface area contributed by atoms with Crippen LogP contribution < -0.4 is 5.73 Å². The zero-order valence-electron chi connectivity index (χ0n) is 17.0. The molecule has 8 heteroatoms. The molecule has 3 heterocycles. The zero-order valence-corrected chi connectivity index (χ0v) is 17.0. The number of pyridine rings is 1. The third-order valence-corrected chi connectivity index (χ3v) is 4.59. The molecule has 0 atom stereocenters. The van der Waals surface area contributed by atoms with Crippen LogP contribution in [0, 0.1) is 5.82 Å². The number of nitrogens with two attached hydrogens (primary N) is 1. The van der Waals surface area contributed by atoms with Gasteiger partial charge in [0.1, 0.15) is 11.5 Å². The Labute approximate surface area is 173 Å². The second kappa shape index (κ2) is 7.62. The first-order chi connectivity index (χ1) is 14.3. The Morgan fingerprint density at radius 3 is 2.47 bits per heavy atom. The lowest BCUT2D eigenvalue weighted by Gasteiger charge is -2.18. The molecule has 0 amide bonds. The van der Waals surface area contributed by atoms with Crippen LogP contribution in [0.2, 0.25) is 0 Å². The van der Waals surface area contributed by atoms with E-state index >= 15 is 0 Å². The average molecular weight is 403 g/mol. The van der Waals surface area contributed by atoms with Gasteiger partial charge in [0.15, 0.2) is 0 Å². The fourth-order valence-corrected chi connectivity index (χ4v) is 3.05. The van der Waals surface area contributed by atoms with E-state index in [1.54, 1.807) is 35.1 Å². The van der Waals surface area contributed by atoms with E-state index in [1.807, 2.05) is 18.2 Å². The molecule has 152 valence electrons. The van der Waals surface area contributed by atoms with Crippen molar-refractivity contribution in [1.29, 1.82) is 0 Å². The molecule has 2 N–H and O–H groups in total. The molecular weight excluding hydrogens is 381 g/mol. The van der Waals surface area contributed by atoms with Gasteiger partial charge < -0.3 is 5.73 Å². The molecule has 3 aromatic heterocycles. The summed E-state index contributed by atoms with van der Waals surface area (Å²) in [5.41, 5.74) is 9.46. The minimum absolute atomic E-state index is 0.0366. The normalized spacial score (nSPS) is 11.6. The maximum absolute atomic E-state index is 14.2. The van der Waals surface area contributed by atoms with Crippen molar-refractivity contribution in [1.82, 2.24) is 29.9 Å². The fraction of sp³-hybridized carbons (Fsp3) is 0.227. The predicted octanol–water partition coefficient (Wildman–Crippen LogP) is 3.86. The highest BCUT2D eigenvalue weighted by molar-refractivity contribution is 5.67. The van der Waals surface area contributed by atoms with E-state index in [0.717, 1.165) is 11.4 Å². The molecule has 0 radical (unpaired) electrons. The molecule has 0 aliphatic heterocycles. The van der Waals surface area contributed by atoms with Gasteiger partial charge in [0, 0.05) is 16.7 Å². The Morgan fingerprint density at radius 1 is 0.933 bits per heavy atom. The van der Waals surface area contributed by atoms with Gasteiger partial charge in [-0.1, -0.05) is 44.2 Å². The Morgan fingerprint density at radius 2 is 1.70 bits per heavy atom. The number of anilines is 1. The molecule has 0 fully saturated rings. The van der Waals surface area contributed by atoms with Gasteiger partial charge in [-0.2, -0.15) is 0 Å². The molecule has 0 aliphatic carbocycles. The molecule has 0 aliphatic rings. The van der Waals surface area contributed by atoms with Crippen LogP contribution in [0.3, 0.4) is 0 Å². The van der Waals surface area contributed by atoms with Gasteiger partial charge in [0.2, 0.25) is 5.95 Å². The van der Waals surface area contributed by atoms with Crippen molar-refractivity contribution in [2.45, 2.75) is 32.7 Å². The largest absolute Gasteiger partial charge is 0.368 e. The van der Waals surface area contributed by atoms with Gasteiger partial charge in [0.05, 0.1) is 29.8 Å². The summed E-state index contributed by atoms with van der Waals surface area (Å²) in [5, 5.41) is 8.38. The van der Waals surface area contributed by atoms with E-state index in [9.17, 15) is 4.39 Å². The van der Waals surface area contributed by atoms with Gasteiger partial charge >= 0.3 is 0 Å². The summed E-state index contributed by atoms with van der Waals surface area (Å²) in [6, 6.07) is 14.0. The second-order valence-electron chi connectivity index (χ2n) is 8.04. The van der Waals surface area contributed by atoms with E-state index in [0.29, 0.717) is 29.2 Å². The summed E-state index contributed by atoms with van der Waals surface area (Å²) >= 11 is 0. The second-order valence-corrected chi connectivity index (χ2v) is 8.04. The molecule has 0 bridgehead atoms. The zero-order chi connectivity index (χ0) is 21.3. The number of benzene rings is 1. The summed E-state index contributed by atoms with van der Waals surface area (Å²) in [7, 11) is 0. The number of halogens is 1. The minimum Gasteiger partial charge on any atom is -0.368 e. The van der Waals surface area contributed by atoms with E-state index in [1.165, 1.54) is 6.07 Å². The van der Waals surface area contributed by atoms with Crippen molar-refractivity contribution < 1.29 is 4.39 Å². The van der Waals surface area contributed by atoms with Gasteiger partial charge in [-0.3, -0.25) is 4.98 Å². The van der Waals surface area contributed by atoms with Gasteiger partial charge in [0.25, 0.3) is 0 Å². The smallest absolute Gasteiger partial charge is 0.221 e. The topological polar surface area (TPSA) is 95.4 Å². The van der Waals surface area contributed by atoms with Crippen LogP contribution in [-0.4, -0.2) is 29.9 Å². The lowest BCUT2D eigenvalue weighted by molar-refractivity contribution is 0.559. The highest BCUT2D eigenvalue weighted by Gasteiger charge is 2.16. The summed E-state index contributed by atoms with van der Waals surface area (Å²) in [6.07, 6.45) is 1.76. The molecule has 0 unspecified atom stereocenters. The van der Waals surface area contributed by atoms with Crippen LogP contribution in [0.15, 0.2) is 54.7 Å². The first kappa shape index (κ1) is 19.6. The number of rotatable bonds is 4. The maximum atomic E-state index is 14.2. The predicted molar refractivity (Wildman–Crippen MR) is 113 cm³/mol. The van der Waals surface area contributed by atoms with Crippen LogP contribution >= 0.6 is 0 Å². The summed E-state index contributed by atoms with van der Waals surface area (Å²) in [5.74, 6) is -0.338. The Hall–Kier alpha value is -3.68. The molecule has 4 aromatic rings. The van der Waals surface area contributed by atoms with Crippen LogP contribution in [-0.2, 0) is 12.0 Å². The molecule has 0 saturated heterocycles. The first-order valence-electron chi connectivity index (χ1n) is 9.56. The average Bonchev–Trinajstić information content (AvgIpc) is 3.16. The summed E-state index contributed by atoms with van der Waals surface area (Å²) in [6.45, 7) is 6.84. The summed E-state index contributed by atoms with van der Waals surface area (Å²) < 4.78 is 15.8. The number of nitrogen functional groups attached to an aromatic ring is 1. The van der Waals surface area contributed by atoms with Crippen molar-refractivity contribution in [3.05, 3.63) is 71.9 Å². The molecule has 1 aromatic carbocycles. The van der Waals surface area contributed by atoms with Crippen LogP contribution in [0.5, 0.6) is 0 Å². The highest BCUT2D eigenvalue weighted by atomic mass is 19.1. The quantitative estimate of drug-likeness (QED) is 0.556. The standard InChI is InChI=1S/C22H22FN7/c1-22(2,3)20-10-6-7-14(25-20)12-30-13-19(28-29-30)18-11-17(26-21(24)27-18)15-8-4-5-9-16(15)23/h4-11,13H,12H2,1-3H3,(H2,24,26,27). The minimum atomic E-state index is -0.380. The SMILES string of the molecule is CC(C)(C)c1cccc(Cn2cc(-c3cc(-c4ccccc4F)nc(N)n3)nn2)n1. The van der Waals surface area contributed by atoms with Crippen LogP contribution in [0.1, 0.15) is 32.2 Å². The van der Waals surface area contributed by atoms with Gasteiger partial charge in [-0.15, -0.1) is 5.10 Å². The van der Waals surface area contributed by atoms with Crippen LogP contribution in [0.25, 0.3) is 22.6 Å². The highest BCUT2D eigenvalue weighted by Crippen LogP contribution is 2.25. The van der Waals surface area contributed by atoms with Crippen molar-refractivity contribution in [3.63, 3.8) is 0 Å². The molecular formula is C22H22FN7. The first-order valence-corrected chi connectivity index (χ1v) is 9.56. The molecule has 0 saturated carbocycles. The van der Waals surface area contributed by atoms with Crippen molar-refractivity contribution in [3.8, 4) is 22.6 Å². The van der Waals surface area contributed by atoms with Crippen LogP contribution in [0.4, 0.5) is 10.3 Å². The number of hydrogen-bond acceptors (Lipinski definition) is 6. The summed E-state index contributed by atoms with van der Waals surface area (Å²) in [4.78, 5) is 13.1. The lowest BCUT2D eigenvalue weighted by Crippen LogP contribution is -2.15. The third-order valence-electron chi connectivity index (χ3n) is 4.59. The van der Waals surface area contributed by atoms with E-state index in [2.05, 4.69) is 41.1 Å². The molecule has 7 nitrogen and oxygen atoms in total. The van der Waals surface area contributed by atoms with Crippen molar-refractivity contribution >= 4 is 5.95 Å². The van der Waals surface area contributed by atoms with E-state index in [4.69, 9.17) is 10.7 Å². The Kier molecular flexibility index (Phi) is 4.99. The number of nitrogens with zero attached hydrogens (tertiary/aromatic N) is 6. The maximum Gasteiger partial charge on any atom is 0.221 e. The number of aromatic nitrogens is 6. The van der Waals surface area contributed by atoms with E-state index < -0.39 is 0 Å². The molecule has 0 spiro atoms. The third kappa shape index (κ3) is 4.17. The monoisotopic (exact) mass is 403 g/mol. The van der Waals surface area contributed by atoms with Crippen molar-refractivity contribution in [2.75, 3.05) is 5.73 Å².